The van der Waals surface area contributed by atoms with Crippen LogP contribution in [0.5, 0.6) is 0 Å². The van der Waals surface area contributed by atoms with Gasteiger partial charge < -0.3 is 16.6 Å². The molecule has 0 atom stereocenters. The molecule has 168 valence electrons. The number of halogens is 4. The molecule has 1 aromatic heterocycles. The number of carbonyl (C=O) groups is 1. The highest BCUT2D eigenvalue weighted by molar-refractivity contribution is 5.82. The Bertz CT molecular complexity index is 1120. The molecule has 32 heavy (non-hydrogen) atoms. The van der Waals surface area contributed by atoms with Gasteiger partial charge in [0.15, 0.2) is 0 Å². The van der Waals surface area contributed by atoms with Crippen LogP contribution in [0.15, 0.2) is 64.8 Å². The molecule has 3 rings (SSSR count). The molecule has 0 spiro atoms. The zero-order chi connectivity index (χ0) is 23.9. The van der Waals surface area contributed by atoms with Gasteiger partial charge in [-0.25, -0.2) is 9.18 Å². The van der Waals surface area contributed by atoms with Crippen LogP contribution in [0.25, 0.3) is 22.5 Å². The summed E-state index contributed by atoms with van der Waals surface area (Å²) in [6.45, 7) is 0. The number of alkyl halides is 3. The van der Waals surface area contributed by atoms with Crippen LogP contribution in [0.3, 0.4) is 0 Å². The third-order valence-corrected chi connectivity index (χ3v) is 3.85. The summed E-state index contributed by atoms with van der Waals surface area (Å²) in [6, 6.07) is 16.0. The lowest BCUT2D eigenvalue weighted by atomic mass is 10.1. The van der Waals surface area contributed by atoms with Gasteiger partial charge in [0.05, 0.1) is 17.6 Å². The number of carboxylic acid groups (broad SMARTS) is 1. The molecule has 0 saturated heterocycles. The van der Waals surface area contributed by atoms with Crippen LogP contribution in [-0.2, 0) is 11.8 Å². The first kappa shape index (κ1) is 24.1. The molecular weight excluding hydrogens is 432 g/mol. The molecule has 3 aromatic rings. The van der Waals surface area contributed by atoms with Crippen molar-refractivity contribution in [3.05, 3.63) is 66.0 Å². The van der Waals surface area contributed by atoms with Gasteiger partial charge >= 0.3 is 12.1 Å². The lowest BCUT2D eigenvalue weighted by Crippen LogP contribution is -2.21. The molecule has 2 aromatic carbocycles. The predicted octanol–water partition coefficient (Wildman–Crippen LogP) is 3.13. The lowest BCUT2D eigenvalue weighted by molar-refractivity contribution is -0.192. The zero-order valence-electron chi connectivity index (χ0n) is 16.6. The molecule has 0 bridgehead atoms. The van der Waals surface area contributed by atoms with E-state index in [1.807, 2.05) is 37.4 Å². The van der Waals surface area contributed by atoms with Crippen LogP contribution in [0.1, 0.15) is 5.56 Å². The van der Waals surface area contributed by atoms with Crippen molar-refractivity contribution in [2.45, 2.75) is 6.18 Å². The summed E-state index contributed by atoms with van der Waals surface area (Å²) in [6.07, 6.45) is -3.52. The molecule has 8 nitrogen and oxygen atoms in total. The average molecular weight is 450 g/mol. The highest BCUT2D eigenvalue weighted by atomic mass is 19.4. The minimum Gasteiger partial charge on any atom is -0.475 e. The summed E-state index contributed by atoms with van der Waals surface area (Å²) in [5.41, 5.74) is 14.9. The first-order chi connectivity index (χ1) is 15.0. The number of benzene rings is 2. The Kier molecular flexibility index (Phi) is 7.66. The Balaban J connectivity index is 0.000000451. The SMILES string of the molecule is Cn1nc(-c2ccc(F)cc2)cc1-c1ccc(/C=N/N=C(N)N)cc1.O=C(O)C(F)(F)F. The molecule has 0 aliphatic rings. The van der Waals surface area contributed by atoms with Crippen LogP contribution in [0, 0.1) is 5.82 Å². The Morgan fingerprint density at radius 1 is 1.06 bits per heavy atom. The fraction of sp³-hybridized carbons (Fsp3) is 0.100. The van der Waals surface area contributed by atoms with Crippen LogP contribution in [0.2, 0.25) is 0 Å². The average Bonchev–Trinajstić information content (AvgIpc) is 3.10. The number of aryl methyl sites for hydroxylation is 1. The standard InChI is InChI=1S/C18H17FN6.C2HF3O2/c1-25-17(10-16(24-25)13-6-8-15(19)9-7-13)14-4-2-12(3-5-14)11-22-23-18(20)21;3-2(4,5)1(6)7/h2-11H,1H3,(H4,20,21,23);(H,6,7)/b22-11+;. The fourth-order valence-corrected chi connectivity index (χ4v) is 2.40. The zero-order valence-corrected chi connectivity index (χ0v) is 16.6. The smallest absolute Gasteiger partial charge is 0.475 e. The molecular formula is C20H18F4N6O2. The van der Waals surface area contributed by atoms with Crippen molar-refractivity contribution in [3.8, 4) is 22.5 Å². The first-order valence-corrected chi connectivity index (χ1v) is 8.80. The summed E-state index contributed by atoms with van der Waals surface area (Å²) in [7, 11) is 1.87. The second-order valence-corrected chi connectivity index (χ2v) is 6.24. The number of carboxylic acids is 1. The van der Waals surface area contributed by atoms with E-state index in [-0.39, 0.29) is 11.8 Å². The second-order valence-electron chi connectivity index (χ2n) is 6.24. The monoisotopic (exact) mass is 450 g/mol. The van der Waals surface area contributed by atoms with E-state index in [4.69, 9.17) is 21.4 Å². The van der Waals surface area contributed by atoms with Crippen molar-refractivity contribution in [2.24, 2.45) is 28.7 Å². The van der Waals surface area contributed by atoms with E-state index >= 15 is 0 Å². The number of rotatable bonds is 4. The number of guanidine groups is 1. The van der Waals surface area contributed by atoms with E-state index in [0.717, 1.165) is 28.1 Å². The fourth-order valence-electron chi connectivity index (χ4n) is 2.40. The number of hydrogen-bond donors (Lipinski definition) is 3. The molecule has 1 heterocycles. The molecule has 5 N–H and O–H groups in total. The van der Waals surface area contributed by atoms with E-state index in [9.17, 15) is 17.6 Å². The van der Waals surface area contributed by atoms with Crippen LogP contribution < -0.4 is 11.5 Å². The molecule has 0 radical (unpaired) electrons. The van der Waals surface area contributed by atoms with E-state index < -0.39 is 12.1 Å². The number of aliphatic carboxylic acids is 1. The first-order valence-electron chi connectivity index (χ1n) is 8.80. The molecule has 0 amide bonds. The Labute approximate surface area is 179 Å². The van der Waals surface area contributed by atoms with Gasteiger partial charge in [-0.1, -0.05) is 24.3 Å². The van der Waals surface area contributed by atoms with Gasteiger partial charge in [0.25, 0.3) is 0 Å². The maximum absolute atomic E-state index is 13.1. The van der Waals surface area contributed by atoms with Gasteiger partial charge in [0.2, 0.25) is 5.96 Å². The van der Waals surface area contributed by atoms with Gasteiger partial charge in [0.1, 0.15) is 5.82 Å². The maximum atomic E-state index is 13.1. The normalized spacial score (nSPS) is 11.0. The van der Waals surface area contributed by atoms with Gasteiger partial charge in [0, 0.05) is 12.6 Å². The van der Waals surface area contributed by atoms with Crippen molar-refractivity contribution in [2.75, 3.05) is 0 Å². The van der Waals surface area contributed by atoms with E-state index in [1.54, 1.807) is 23.0 Å². The van der Waals surface area contributed by atoms with Gasteiger partial charge in [-0.3, -0.25) is 4.68 Å². The van der Waals surface area contributed by atoms with Gasteiger partial charge in [-0.2, -0.15) is 23.4 Å². The lowest BCUT2D eigenvalue weighted by Gasteiger charge is -2.01. The van der Waals surface area contributed by atoms with Crippen LogP contribution >= 0.6 is 0 Å². The number of nitrogens with zero attached hydrogens (tertiary/aromatic N) is 4. The molecule has 0 aliphatic carbocycles. The molecule has 0 fully saturated rings. The Morgan fingerprint density at radius 3 is 2.09 bits per heavy atom. The minimum absolute atomic E-state index is 0.0870. The van der Waals surface area contributed by atoms with Crippen molar-refractivity contribution < 1.29 is 27.5 Å². The van der Waals surface area contributed by atoms with Crippen molar-refractivity contribution >= 4 is 18.1 Å². The van der Waals surface area contributed by atoms with E-state index in [0.29, 0.717) is 0 Å². The highest BCUT2D eigenvalue weighted by Gasteiger charge is 2.38. The number of hydrogen-bond acceptors (Lipinski definition) is 4. The van der Waals surface area contributed by atoms with Crippen LogP contribution in [0.4, 0.5) is 17.6 Å². The van der Waals surface area contributed by atoms with Crippen molar-refractivity contribution in [1.29, 1.82) is 0 Å². The molecule has 0 unspecified atom stereocenters. The molecule has 0 aliphatic heterocycles. The summed E-state index contributed by atoms with van der Waals surface area (Å²) in [4.78, 5) is 8.90. The summed E-state index contributed by atoms with van der Waals surface area (Å²) in [5, 5.41) is 19.0. The predicted molar refractivity (Wildman–Crippen MR) is 111 cm³/mol. The summed E-state index contributed by atoms with van der Waals surface area (Å²) in [5.74, 6) is -3.11. The van der Waals surface area contributed by atoms with E-state index in [1.165, 1.54) is 12.1 Å². The largest absolute Gasteiger partial charge is 0.490 e. The second kappa shape index (κ2) is 10.2. The van der Waals surface area contributed by atoms with Crippen molar-refractivity contribution in [1.82, 2.24) is 9.78 Å². The summed E-state index contributed by atoms with van der Waals surface area (Å²) < 4.78 is 46.6. The van der Waals surface area contributed by atoms with Crippen molar-refractivity contribution in [3.63, 3.8) is 0 Å². The highest BCUT2D eigenvalue weighted by Crippen LogP contribution is 2.26. The quantitative estimate of drug-likeness (QED) is 0.243. The number of nitrogens with two attached hydrogens (primary N) is 2. The number of aromatic nitrogens is 2. The molecule has 0 saturated carbocycles. The van der Waals surface area contributed by atoms with Gasteiger partial charge in [-0.05, 0) is 41.5 Å². The Hall–Kier alpha value is -4.22. The van der Waals surface area contributed by atoms with Gasteiger partial charge in [-0.15, -0.1) is 5.10 Å². The van der Waals surface area contributed by atoms with E-state index in [2.05, 4.69) is 15.3 Å². The van der Waals surface area contributed by atoms with Crippen LogP contribution in [-0.4, -0.2) is 39.2 Å². The summed E-state index contributed by atoms with van der Waals surface area (Å²) >= 11 is 0. The third-order valence-electron chi connectivity index (χ3n) is 3.85. The molecule has 12 heteroatoms. The topological polar surface area (TPSA) is 132 Å². The maximum Gasteiger partial charge on any atom is 0.490 e. The third kappa shape index (κ3) is 6.93. The minimum atomic E-state index is -5.08. The Morgan fingerprint density at radius 2 is 1.59 bits per heavy atom.